The Labute approximate surface area is 114 Å². The third-order valence-corrected chi connectivity index (χ3v) is 3.59. The van der Waals surface area contributed by atoms with Gasteiger partial charge in [0.15, 0.2) is 11.6 Å². The van der Waals surface area contributed by atoms with Crippen molar-refractivity contribution in [3.8, 4) is 0 Å². The summed E-state index contributed by atoms with van der Waals surface area (Å²) in [6.45, 7) is 0. The molecule has 1 saturated carbocycles. The molecule has 2 rings (SSSR count). The van der Waals surface area contributed by atoms with E-state index in [0.717, 1.165) is 25.0 Å². The summed E-state index contributed by atoms with van der Waals surface area (Å²) < 4.78 is 25.8. The maximum Gasteiger partial charge on any atom is 0.228 e. The zero-order valence-electron chi connectivity index (χ0n) is 10.7. The van der Waals surface area contributed by atoms with Crippen molar-refractivity contribution in [1.82, 2.24) is 0 Å². The highest BCUT2D eigenvalue weighted by atomic mass is 19.2. The van der Waals surface area contributed by atoms with E-state index in [1.807, 2.05) is 0 Å². The molecule has 6 heteroatoms. The van der Waals surface area contributed by atoms with Crippen LogP contribution in [0.15, 0.2) is 18.2 Å². The third-order valence-electron chi connectivity index (χ3n) is 3.59. The Morgan fingerprint density at radius 1 is 1.10 bits per heavy atom. The molecule has 0 heterocycles. The Morgan fingerprint density at radius 2 is 1.75 bits per heavy atom. The van der Waals surface area contributed by atoms with Gasteiger partial charge in [-0.05, 0) is 25.0 Å². The highest BCUT2D eigenvalue weighted by Crippen LogP contribution is 2.30. The van der Waals surface area contributed by atoms with Crippen LogP contribution in [0.5, 0.6) is 0 Å². The highest BCUT2D eigenvalue weighted by molar-refractivity contribution is 5.95. The first-order valence-corrected chi connectivity index (χ1v) is 6.46. The molecule has 0 spiro atoms. The van der Waals surface area contributed by atoms with E-state index in [-0.39, 0.29) is 5.69 Å². The molecule has 0 aliphatic heterocycles. The summed E-state index contributed by atoms with van der Waals surface area (Å²) in [4.78, 5) is 23.1. The second-order valence-electron chi connectivity index (χ2n) is 4.93. The minimum absolute atomic E-state index is 0.108. The van der Waals surface area contributed by atoms with Crippen molar-refractivity contribution >= 4 is 17.6 Å². The molecule has 1 aromatic carbocycles. The van der Waals surface area contributed by atoms with Crippen LogP contribution in [-0.2, 0) is 9.59 Å². The Bertz CT molecular complexity index is 533. The molecular weight excluding hydrogens is 268 g/mol. The molecule has 0 aromatic heterocycles. The van der Waals surface area contributed by atoms with E-state index >= 15 is 0 Å². The van der Waals surface area contributed by atoms with Crippen molar-refractivity contribution in [2.24, 2.45) is 11.8 Å². The van der Waals surface area contributed by atoms with Gasteiger partial charge in [-0.2, -0.15) is 0 Å². The summed E-state index contributed by atoms with van der Waals surface area (Å²) in [7, 11) is 0. The Kier molecular flexibility index (Phi) is 4.32. The SMILES string of the molecule is O=C([O-])[C@H]1CCCC[C@@H]1C(=O)Nc1ccc(F)c(F)c1. The van der Waals surface area contributed by atoms with Crippen LogP contribution in [0.4, 0.5) is 14.5 Å². The lowest BCUT2D eigenvalue weighted by Gasteiger charge is -2.31. The van der Waals surface area contributed by atoms with Crippen LogP contribution in [0.2, 0.25) is 0 Å². The monoisotopic (exact) mass is 282 g/mol. The number of hydrogen-bond acceptors (Lipinski definition) is 3. The molecular formula is C14H14F2NO3-. The number of aliphatic carboxylic acids is 1. The van der Waals surface area contributed by atoms with Gasteiger partial charge in [0.1, 0.15) is 0 Å². The number of anilines is 1. The number of carbonyl (C=O) groups is 2. The average Bonchev–Trinajstić information content (AvgIpc) is 2.43. The molecule has 2 atom stereocenters. The molecule has 0 radical (unpaired) electrons. The zero-order chi connectivity index (χ0) is 14.7. The number of nitrogens with one attached hydrogen (secondary N) is 1. The van der Waals surface area contributed by atoms with Crippen molar-refractivity contribution in [1.29, 1.82) is 0 Å². The Morgan fingerprint density at radius 3 is 2.35 bits per heavy atom. The predicted molar refractivity (Wildman–Crippen MR) is 65.4 cm³/mol. The van der Waals surface area contributed by atoms with Crippen molar-refractivity contribution in [2.45, 2.75) is 25.7 Å². The molecule has 1 aromatic rings. The molecule has 0 unspecified atom stereocenters. The molecule has 1 aliphatic carbocycles. The molecule has 4 nitrogen and oxygen atoms in total. The maximum atomic E-state index is 13.0. The van der Waals surface area contributed by atoms with Crippen molar-refractivity contribution in [3.63, 3.8) is 0 Å². The first-order valence-electron chi connectivity index (χ1n) is 6.46. The predicted octanol–water partition coefficient (Wildman–Crippen LogP) is 1.46. The third kappa shape index (κ3) is 3.12. The van der Waals surface area contributed by atoms with Crippen LogP contribution in [0, 0.1) is 23.5 Å². The summed E-state index contributed by atoms with van der Waals surface area (Å²) in [6, 6.07) is 3.00. The van der Waals surface area contributed by atoms with Gasteiger partial charge in [-0.15, -0.1) is 0 Å². The molecule has 0 saturated heterocycles. The topological polar surface area (TPSA) is 69.2 Å². The first kappa shape index (κ1) is 14.4. The molecule has 20 heavy (non-hydrogen) atoms. The number of rotatable bonds is 3. The molecule has 1 aliphatic rings. The van der Waals surface area contributed by atoms with Gasteiger partial charge in [0, 0.05) is 29.6 Å². The maximum absolute atomic E-state index is 13.0. The number of carboxylic acid groups (broad SMARTS) is 1. The van der Waals surface area contributed by atoms with E-state index in [1.165, 1.54) is 6.07 Å². The van der Waals surface area contributed by atoms with E-state index < -0.39 is 35.3 Å². The van der Waals surface area contributed by atoms with E-state index in [0.29, 0.717) is 12.8 Å². The zero-order valence-corrected chi connectivity index (χ0v) is 10.7. The van der Waals surface area contributed by atoms with Gasteiger partial charge in [0.05, 0.1) is 0 Å². The number of hydrogen-bond donors (Lipinski definition) is 1. The van der Waals surface area contributed by atoms with Crippen molar-refractivity contribution in [3.05, 3.63) is 29.8 Å². The van der Waals surface area contributed by atoms with Crippen LogP contribution >= 0.6 is 0 Å². The van der Waals surface area contributed by atoms with Gasteiger partial charge in [-0.3, -0.25) is 4.79 Å². The lowest BCUT2D eigenvalue weighted by atomic mass is 9.78. The summed E-state index contributed by atoms with van der Waals surface area (Å²) >= 11 is 0. The highest BCUT2D eigenvalue weighted by Gasteiger charge is 2.31. The molecule has 1 N–H and O–H groups in total. The molecule has 0 bridgehead atoms. The second kappa shape index (κ2) is 5.98. The number of carboxylic acids is 1. The van der Waals surface area contributed by atoms with Gasteiger partial charge < -0.3 is 15.2 Å². The van der Waals surface area contributed by atoms with Crippen molar-refractivity contribution < 1.29 is 23.5 Å². The van der Waals surface area contributed by atoms with Crippen molar-refractivity contribution in [2.75, 3.05) is 5.32 Å². The quantitative estimate of drug-likeness (QED) is 0.912. The normalized spacial score (nSPS) is 22.3. The van der Waals surface area contributed by atoms with E-state index in [1.54, 1.807) is 0 Å². The minimum Gasteiger partial charge on any atom is -0.550 e. The van der Waals surface area contributed by atoms with Crippen LogP contribution in [0.25, 0.3) is 0 Å². The van der Waals surface area contributed by atoms with Crippen LogP contribution in [-0.4, -0.2) is 11.9 Å². The second-order valence-corrected chi connectivity index (χ2v) is 4.93. The van der Waals surface area contributed by atoms with E-state index in [9.17, 15) is 23.5 Å². The number of amides is 1. The first-order chi connectivity index (χ1) is 9.49. The fourth-order valence-corrected chi connectivity index (χ4v) is 2.54. The fraction of sp³-hybridized carbons (Fsp3) is 0.429. The van der Waals surface area contributed by atoms with Gasteiger partial charge >= 0.3 is 0 Å². The summed E-state index contributed by atoms with van der Waals surface area (Å²) in [5.41, 5.74) is 0.108. The number of carbonyl (C=O) groups excluding carboxylic acids is 2. The minimum atomic E-state index is -1.24. The fourth-order valence-electron chi connectivity index (χ4n) is 2.54. The lowest BCUT2D eigenvalue weighted by Crippen LogP contribution is -2.42. The molecule has 1 fully saturated rings. The van der Waals surface area contributed by atoms with Gasteiger partial charge in [0.2, 0.25) is 5.91 Å². The van der Waals surface area contributed by atoms with Gasteiger partial charge in [-0.1, -0.05) is 12.8 Å². The summed E-state index contributed by atoms with van der Waals surface area (Å²) in [5, 5.41) is 13.4. The largest absolute Gasteiger partial charge is 0.550 e. The summed E-state index contributed by atoms with van der Waals surface area (Å²) in [5.74, 6) is -5.33. The standard InChI is InChI=1S/C14H15F2NO3/c15-11-6-5-8(7-12(11)16)17-13(18)9-3-1-2-4-10(9)14(19)20/h5-7,9-10H,1-4H2,(H,17,18)(H,19,20)/p-1/t9-,10-/m0/s1. The Hall–Kier alpha value is -1.98. The van der Waals surface area contributed by atoms with Crippen LogP contribution < -0.4 is 10.4 Å². The van der Waals surface area contributed by atoms with E-state index in [4.69, 9.17) is 0 Å². The van der Waals surface area contributed by atoms with Gasteiger partial charge in [0.25, 0.3) is 0 Å². The average molecular weight is 282 g/mol. The number of halogens is 2. The Balaban J connectivity index is 2.09. The van der Waals surface area contributed by atoms with E-state index in [2.05, 4.69) is 5.32 Å². The molecule has 108 valence electrons. The van der Waals surface area contributed by atoms with Crippen LogP contribution in [0.3, 0.4) is 0 Å². The van der Waals surface area contributed by atoms with Gasteiger partial charge in [-0.25, -0.2) is 8.78 Å². The van der Waals surface area contributed by atoms with Crippen LogP contribution in [0.1, 0.15) is 25.7 Å². The smallest absolute Gasteiger partial charge is 0.228 e. The lowest BCUT2D eigenvalue weighted by molar-refractivity contribution is -0.313. The summed E-state index contributed by atoms with van der Waals surface area (Å²) in [6.07, 6.45) is 2.36. The number of benzene rings is 1. The molecule has 1 amide bonds.